The largest absolute Gasteiger partial charge is 0.300 e. The van der Waals surface area contributed by atoms with E-state index in [0.29, 0.717) is 6.42 Å². The molecule has 2 aromatic carbocycles. The van der Waals surface area contributed by atoms with E-state index in [9.17, 15) is 4.79 Å². The molecule has 0 atom stereocenters. The van der Waals surface area contributed by atoms with E-state index >= 15 is 0 Å². The number of aromatic nitrogens is 1. The number of carbonyl (C=O) groups excluding carboxylic acids is 1. The summed E-state index contributed by atoms with van der Waals surface area (Å²) in [5, 5.41) is 1.08. The predicted octanol–water partition coefficient (Wildman–Crippen LogP) is 5.69. The molecule has 4 rings (SSSR count). The maximum Gasteiger partial charge on any atom is 0.227 e. The molecule has 1 amide bonds. The van der Waals surface area contributed by atoms with Gasteiger partial charge in [0.25, 0.3) is 0 Å². The minimum absolute atomic E-state index is 0.160. The van der Waals surface area contributed by atoms with Gasteiger partial charge in [-0.15, -0.1) is 11.3 Å². The first-order chi connectivity index (χ1) is 15.0. The van der Waals surface area contributed by atoms with Crippen molar-refractivity contribution < 1.29 is 4.79 Å². The number of hydrogen-bond acceptors (Lipinski definition) is 4. The van der Waals surface area contributed by atoms with Gasteiger partial charge < -0.3 is 0 Å². The van der Waals surface area contributed by atoms with Crippen molar-refractivity contribution in [2.24, 2.45) is 0 Å². The lowest BCUT2D eigenvalue weighted by atomic mass is 9.84. The van der Waals surface area contributed by atoms with E-state index in [2.05, 4.69) is 66.1 Å². The molecule has 162 valence electrons. The van der Waals surface area contributed by atoms with Gasteiger partial charge in [0.15, 0.2) is 0 Å². The van der Waals surface area contributed by atoms with Crippen molar-refractivity contribution in [3.63, 3.8) is 0 Å². The van der Waals surface area contributed by atoms with Gasteiger partial charge >= 0.3 is 0 Å². The van der Waals surface area contributed by atoms with E-state index in [0.717, 1.165) is 48.9 Å². The zero-order chi connectivity index (χ0) is 21.8. The first-order valence-electron chi connectivity index (χ1n) is 11.1. The van der Waals surface area contributed by atoms with Crippen LogP contribution < -0.4 is 4.90 Å². The zero-order valence-corrected chi connectivity index (χ0v) is 19.5. The highest BCUT2D eigenvalue weighted by Gasteiger charge is 2.46. The second-order valence-corrected chi connectivity index (χ2v) is 9.58. The van der Waals surface area contributed by atoms with Gasteiger partial charge in [-0.05, 0) is 44.4 Å². The lowest BCUT2D eigenvalue weighted by Gasteiger charge is -2.47. The molecule has 0 spiro atoms. The van der Waals surface area contributed by atoms with E-state index < -0.39 is 5.54 Å². The summed E-state index contributed by atoms with van der Waals surface area (Å²) in [7, 11) is 0. The Bertz CT molecular complexity index is 988. The number of anilines is 1. The van der Waals surface area contributed by atoms with E-state index in [1.807, 2.05) is 25.1 Å². The van der Waals surface area contributed by atoms with Crippen molar-refractivity contribution in [1.82, 2.24) is 9.88 Å². The van der Waals surface area contributed by atoms with Gasteiger partial charge in [-0.2, -0.15) is 0 Å². The van der Waals surface area contributed by atoms with Crippen molar-refractivity contribution in [2.75, 3.05) is 18.0 Å². The molecule has 0 N–H and O–H groups in total. The van der Waals surface area contributed by atoms with Crippen LogP contribution in [-0.4, -0.2) is 28.9 Å². The highest BCUT2D eigenvalue weighted by molar-refractivity contribution is 7.11. The average molecular weight is 434 g/mol. The van der Waals surface area contributed by atoms with Crippen LogP contribution in [0, 0.1) is 13.8 Å². The quantitative estimate of drug-likeness (QED) is 0.501. The fraction of sp³-hybridized carbons (Fsp3) is 0.385. The van der Waals surface area contributed by atoms with Crippen molar-refractivity contribution in [1.29, 1.82) is 0 Å². The third kappa shape index (κ3) is 4.43. The number of hydrogen-bond donors (Lipinski definition) is 0. The number of thiazole rings is 1. The monoisotopic (exact) mass is 433 g/mol. The SMILES string of the molecule is CCC(=O)N(c1ccccc1)C1(c2nc(C)c(C)s2)CCN(Cc2ccccc2)CC1. The van der Waals surface area contributed by atoms with Crippen LogP contribution in [-0.2, 0) is 16.9 Å². The number of carbonyl (C=O) groups is 1. The molecule has 3 aromatic rings. The maximum absolute atomic E-state index is 13.3. The molecule has 0 radical (unpaired) electrons. The Kier molecular flexibility index (Phi) is 6.54. The van der Waals surface area contributed by atoms with Crippen LogP contribution in [0.15, 0.2) is 60.7 Å². The third-order valence-corrected chi connectivity index (χ3v) is 7.62. The molecule has 0 unspecified atom stereocenters. The second-order valence-electron chi connectivity index (χ2n) is 8.37. The molecule has 0 aliphatic carbocycles. The number of amides is 1. The molecule has 4 nitrogen and oxygen atoms in total. The molecule has 1 aliphatic heterocycles. The number of rotatable bonds is 6. The Morgan fingerprint density at radius 3 is 2.19 bits per heavy atom. The first kappa shape index (κ1) is 21.7. The van der Waals surface area contributed by atoms with Gasteiger partial charge in [-0.1, -0.05) is 55.5 Å². The molecule has 1 aliphatic rings. The van der Waals surface area contributed by atoms with Crippen LogP contribution in [0.5, 0.6) is 0 Å². The molecular weight excluding hydrogens is 402 g/mol. The van der Waals surface area contributed by atoms with Crippen LogP contribution in [0.4, 0.5) is 5.69 Å². The number of aryl methyl sites for hydroxylation is 2. The van der Waals surface area contributed by atoms with Crippen LogP contribution in [0.1, 0.15) is 47.3 Å². The van der Waals surface area contributed by atoms with E-state index in [4.69, 9.17) is 4.98 Å². The smallest absolute Gasteiger partial charge is 0.227 e. The maximum atomic E-state index is 13.3. The fourth-order valence-electron chi connectivity index (χ4n) is 4.49. The molecule has 0 bridgehead atoms. The summed E-state index contributed by atoms with van der Waals surface area (Å²) in [4.78, 5) is 24.1. The Balaban J connectivity index is 1.70. The summed E-state index contributed by atoms with van der Waals surface area (Å²) in [6.07, 6.45) is 2.24. The summed E-state index contributed by atoms with van der Waals surface area (Å²) in [5.74, 6) is 0.160. The predicted molar refractivity (Wildman–Crippen MR) is 128 cm³/mol. The van der Waals surface area contributed by atoms with Crippen LogP contribution in [0.2, 0.25) is 0 Å². The lowest BCUT2D eigenvalue weighted by Crippen LogP contribution is -2.55. The molecular formula is C26H31N3OS. The van der Waals surface area contributed by atoms with Crippen molar-refractivity contribution >= 4 is 22.9 Å². The minimum atomic E-state index is -0.397. The average Bonchev–Trinajstić information content (AvgIpc) is 3.15. The summed E-state index contributed by atoms with van der Waals surface area (Å²) in [6, 6.07) is 20.8. The molecule has 2 heterocycles. The van der Waals surface area contributed by atoms with Gasteiger partial charge in [-0.3, -0.25) is 14.6 Å². The molecule has 31 heavy (non-hydrogen) atoms. The number of piperidine rings is 1. The molecule has 1 aromatic heterocycles. The number of nitrogens with zero attached hydrogens (tertiary/aromatic N) is 3. The van der Waals surface area contributed by atoms with Crippen LogP contribution in [0.25, 0.3) is 0 Å². The zero-order valence-electron chi connectivity index (χ0n) is 18.7. The van der Waals surface area contributed by atoms with Crippen LogP contribution in [0.3, 0.4) is 0 Å². The lowest BCUT2D eigenvalue weighted by molar-refractivity contribution is -0.120. The number of likely N-dealkylation sites (tertiary alicyclic amines) is 1. The van der Waals surface area contributed by atoms with Gasteiger partial charge in [0.05, 0.1) is 5.69 Å². The van der Waals surface area contributed by atoms with Gasteiger partial charge in [0, 0.05) is 36.6 Å². The topological polar surface area (TPSA) is 36.4 Å². The van der Waals surface area contributed by atoms with Crippen molar-refractivity contribution in [3.8, 4) is 0 Å². The molecule has 1 fully saturated rings. The normalized spacial score (nSPS) is 16.2. The number of benzene rings is 2. The molecule has 0 saturated carbocycles. The fourth-order valence-corrected chi connectivity index (χ4v) is 5.64. The Hall–Kier alpha value is -2.50. The van der Waals surface area contributed by atoms with Gasteiger partial charge in [0.2, 0.25) is 5.91 Å². The summed E-state index contributed by atoms with van der Waals surface area (Å²) >= 11 is 1.75. The Morgan fingerprint density at radius 1 is 1.03 bits per heavy atom. The summed E-state index contributed by atoms with van der Waals surface area (Å²) < 4.78 is 0. The molecule has 5 heteroatoms. The summed E-state index contributed by atoms with van der Waals surface area (Å²) in [6.45, 7) is 8.97. The Morgan fingerprint density at radius 2 is 1.65 bits per heavy atom. The van der Waals surface area contributed by atoms with Crippen molar-refractivity contribution in [2.45, 2.75) is 52.1 Å². The summed E-state index contributed by atoms with van der Waals surface area (Å²) in [5.41, 5.74) is 2.98. The number of para-hydroxylation sites is 1. The second kappa shape index (κ2) is 9.33. The first-order valence-corrected chi connectivity index (χ1v) is 11.9. The van der Waals surface area contributed by atoms with E-state index in [1.54, 1.807) is 11.3 Å². The standard InChI is InChI=1S/C26H31N3OS/c1-4-24(30)29(23-13-9-6-10-14-23)26(25-27-20(2)21(3)31-25)15-17-28(18-16-26)19-22-11-7-5-8-12-22/h5-14H,4,15-19H2,1-3H3. The van der Waals surface area contributed by atoms with Gasteiger partial charge in [0.1, 0.15) is 10.5 Å². The molecule has 1 saturated heterocycles. The highest BCUT2D eigenvalue weighted by Crippen LogP contribution is 2.44. The van der Waals surface area contributed by atoms with Crippen LogP contribution >= 0.6 is 11.3 Å². The Labute approximate surface area is 189 Å². The van der Waals surface area contributed by atoms with E-state index in [1.165, 1.54) is 10.4 Å². The third-order valence-electron chi connectivity index (χ3n) is 6.35. The van der Waals surface area contributed by atoms with E-state index in [-0.39, 0.29) is 5.91 Å². The minimum Gasteiger partial charge on any atom is -0.300 e. The highest BCUT2D eigenvalue weighted by atomic mass is 32.1. The van der Waals surface area contributed by atoms with Crippen molar-refractivity contribution in [3.05, 3.63) is 81.8 Å². The van der Waals surface area contributed by atoms with Gasteiger partial charge in [-0.25, -0.2) is 4.98 Å².